The van der Waals surface area contributed by atoms with Gasteiger partial charge in [-0.2, -0.15) is 10.2 Å². The third-order valence-corrected chi connectivity index (χ3v) is 5.09. The molecule has 3 heterocycles. The third kappa shape index (κ3) is 2.86. The minimum absolute atomic E-state index is 0.0426. The first-order chi connectivity index (χ1) is 13.0. The molecule has 0 saturated heterocycles. The van der Waals surface area contributed by atoms with Gasteiger partial charge in [0.15, 0.2) is 6.29 Å². The van der Waals surface area contributed by atoms with Crippen LogP contribution in [0, 0.1) is 0 Å². The van der Waals surface area contributed by atoms with Crippen LogP contribution in [0.25, 0.3) is 10.9 Å². The zero-order chi connectivity index (χ0) is 19.1. The molecule has 3 aromatic rings. The fourth-order valence-corrected chi connectivity index (χ4v) is 3.81. The molecule has 142 valence electrons. The lowest BCUT2D eigenvalue weighted by molar-refractivity contribution is 0.0904. The van der Waals surface area contributed by atoms with Gasteiger partial charge in [-0.05, 0) is 19.4 Å². The number of para-hydroxylation sites is 1. The van der Waals surface area contributed by atoms with Crippen LogP contribution in [-0.2, 0) is 14.1 Å². The Kier molecular flexibility index (Phi) is 4.35. The molecule has 4 rings (SSSR count). The van der Waals surface area contributed by atoms with Gasteiger partial charge in [-0.1, -0.05) is 25.1 Å². The minimum Gasteiger partial charge on any atom is -0.336 e. The Bertz CT molecular complexity index is 989. The molecule has 2 atom stereocenters. The topological polar surface area (TPSA) is 80.0 Å². The molecule has 0 saturated carbocycles. The van der Waals surface area contributed by atoms with Crippen LogP contribution in [-0.4, -0.2) is 38.3 Å². The molecule has 27 heavy (non-hydrogen) atoms. The third-order valence-electron chi connectivity index (χ3n) is 5.09. The Morgan fingerprint density at radius 2 is 2.04 bits per heavy atom. The highest BCUT2D eigenvalue weighted by molar-refractivity contribution is 6.00. The van der Waals surface area contributed by atoms with Gasteiger partial charge in [0.05, 0.1) is 29.1 Å². The number of benzene rings is 1. The number of anilines is 1. The first-order valence-corrected chi connectivity index (χ1v) is 9.28. The first kappa shape index (κ1) is 17.5. The van der Waals surface area contributed by atoms with Gasteiger partial charge in [0.2, 0.25) is 0 Å². The van der Waals surface area contributed by atoms with Gasteiger partial charge in [0.25, 0.3) is 5.91 Å². The lowest BCUT2D eigenvalue weighted by Crippen LogP contribution is -2.61. The molecule has 1 aliphatic heterocycles. The van der Waals surface area contributed by atoms with E-state index in [0.717, 1.165) is 35.2 Å². The first-order valence-electron chi connectivity index (χ1n) is 9.28. The monoisotopic (exact) mass is 367 g/mol. The van der Waals surface area contributed by atoms with Crippen molar-refractivity contribution >= 4 is 22.5 Å². The van der Waals surface area contributed by atoms with Gasteiger partial charge in [-0.15, -0.1) is 0 Å². The number of rotatable bonds is 5. The van der Waals surface area contributed by atoms with Gasteiger partial charge >= 0.3 is 0 Å². The highest BCUT2D eigenvalue weighted by Crippen LogP contribution is 2.28. The summed E-state index contributed by atoms with van der Waals surface area (Å²) in [6.07, 6.45) is 2.41. The van der Waals surface area contributed by atoms with E-state index in [1.165, 1.54) is 0 Å². The molecule has 2 N–H and O–H groups in total. The molecule has 0 fully saturated rings. The number of hydrogen-bond acceptors (Lipinski definition) is 5. The Labute approximate surface area is 158 Å². The maximum absolute atomic E-state index is 12.6. The lowest BCUT2D eigenvalue weighted by Gasteiger charge is -2.38. The maximum Gasteiger partial charge on any atom is 0.274 e. The van der Waals surface area contributed by atoms with E-state index in [4.69, 9.17) is 5.10 Å². The average Bonchev–Trinajstić information content (AvgIpc) is 3.20. The molecule has 2 unspecified atom stereocenters. The highest BCUT2D eigenvalue weighted by atomic mass is 16.2. The predicted octanol–water partition coefficient (Wildman–Crippen LogP) is 1.90. The van der Waals surface area contributed by atoms with E-state index in [2.05, 4.69) is 46.6 Å². The Morgan fingerprint density at radius 1 is 1.26 bits per heavy atom. The van der Waals surface area contributed by atoms with Crippen LogP contribution in [0.3, 0.4) is 0 Å². The second-order valence-corrected chi connectivity index (χ2v) is 6.99. The summed E-state index contributed by atoms with van der Waals surface area (Å²) < 4.78 is 3.52. The van der Waals surface area contributed by atoms with Crippen molar-refractivity contribution in [3.63, 3.8) is 0 Å². The van der Waals surface area contributed by atoms with Crippen LogP contribution in [0.2, 0.25) is 0 Å². The molecule has 1 amide bonds. The van der Waals surface area contributed by atoms with E-state index < -0.39 is 0 Å². The van der Waals surface area contributed by atoms with Gasteiger partial charge in [0, 0.05) is 26.0 Å². The van der Waals surface area contributed by atoms with Crippen molar-refractivity contribution in [3.8, 4) is 0 Å². The van der Waals surface area contributed by atoms with Gasteiger partial charge in [-0.3, -0.25) is 19.5 Å². The molecular weight excluding hydrogens is 342 g/mol. The summed E-state index contributed by atoms with van der Waals surface area (Å²) in [6.45, 7) is 5.01. The van der Waals surface area contributed by atoms with E-state index in [9.17, 15) is 4.79 Å². The summed E-state index contributed by atoms with van der Waals surface area (Å²) in [5.41, 5.74) is 3.51. The molecular formula is C19H25N7O. The molecule has 8 heteroatoms. The van der Waals surface area contributed by atoms with Crippen LogP contribution in [0.15, 0.2) is 30.5 Å². The van der Waals surface area contributed by atoms with Crippen LogP contribution in [0.1, 0.15) is 42.5 Å². The minimum atomic E-state index is -0.315. The standard InChI is InChI=1S/C19H25N7O/c1-5-10-26-15-11-20-25(4)17(15)18(27)22-19(26)21-12(2)16-13-8-6-7-9-14(13)24(3)23-16/h6-9,11-12,19,21H,5,10H2,1-4H3,(H,22,27). The van der Waals surface area contributed by atoms with E-state index in [1.807, 2.05) is 23.9 Å². The molecule has 1 aromatic carbocycles. The van der Waals surface area contributed by atoms with Crippen molar-refractivity contribution in [2.24, 2.45) is 14.1 Å². The van der Waals surface area contributed by atoms with Crippen molar-refractivity contribution in [2.75, 3.05) is 11.4 Å². The summed E-state index contributed by atoms with van der Waals surface area (Å²) in [4.78, 5) is 14.8. The van der Waals surface area contributed by atoms with E-state index in [0.29, 0.717) is 5.69 Å². The van der Waals surface area contributed by atoms with Crippen molar-refractivity contribution < 1.29 is 4.79 Å². The Hall–Kier alpha value is -2.87. The molecule has 0 aliphatic carbocycles. The average molecular weight is 367 g/mol. The smallest absolute Gasteiger partial charge is 0.274 e. The molecule has 0 bridgehead atoms. The normalized spacial score (nSPS) is 17.9. The van der Waals surface area contributed by atoms with E-state index in [-0.39, 0.29) is 18.2 Å². The Balaban J connectivity index is 1.65. The fourth-order valence-electron chi connectivity index (χ4n) is 3.81. The molecule has 8 nitrogen and oxygen atoms in total. The number of nitrogens with one attached hydrogen (secondary N) is 2. The summed E-state index contributed by atoms with van der Waals surface area (Å²) in [7, 11) is 3.74. The maximum atomic E-state index is 12.6. The van der Waals surface area contributed by atoms with Gasteiger partial charge in [-0.25, -0.2) is 0 Å². The number of carbonyl (C=O) groups excluding carboxylic acids is 1. The number of aromatic nitrogens is 4. The van der Waals surface area contributed by atoms with Crippen LogP contribution < -0.4 is 15.5 Å². The second kappa shape index (κ2) is 6.70. The molecule has 0 spiro atoms. The predicted molar refractivity (Wildman–Crippen MR) is 104 cm³/mol. The van der Waals surface area contributed by atoms with Gasteiger partial charge in [0.1, 0.15) is 5.69 Å². The molecule has 0 radical (unpaired) electrons. The molecule has 1 aliphatic rings. The number of hydrogen-bond donors (Lipinski definition) is 2. The quantitative estimate of drug-likeness (QED) is 0.720. The van der Waals surface area contributed by atoms with Crippen molar-refractivity contribution in [2.45, 2.75) is 32.6 Å². The molecule has 2 aromatic heterocycles. The zero-order valence-electron chi connectivity index (χ0n) is 16.1. The number of aryl methyl sites for hydroxylation is 2. The van der Waals surface area contributed by atoms with Crippen LogP contribution >= 0.6 is 0 Å². The lowest BCUT2D eigenvalue weighted by atomic mass is 10.1. The number of amides is 1. The second-order valence-electron chi connectivity index (χ2n) is 6.99. The van der Waals surface area contributed by atoms with Crippen LogP contribution in [0.4, 0.5) is 5.69 Å². The largest absolute Gasteiger partial charge is 0.336 e. The van der Waals surface area contributed by atoms with E-state index in [1.54, 1.807) is 17.9 Å². The zero-order valence-corrected chi connectivity index (χ0v) is 16.1. The summed E-state index contributed by atoms with van der Waals surface area (Å²) in [5.74, 6) is -0.118. The Morgan fingerprint density at radius 3 is 2.81 bits per heavy atom. The van der Waals surface area contributed by atoms with Crippen molar-refractivity contribution in [1.29, 1.82) is 0 Å². The van der Waals surface area contributed by atoms with Crippen molar-refractivity contribution in [3.05, 3.63) is 41.9 Å². The van der Waals surface area contributed by atoms with Crippen LogP contribution in [0.5, 0.6) is 0 Å². The highest BCUT2D eigenvalue weighted by Gasteiger charge is 2.34. The van der Waals surface area contributed by atoms with E-state index >= 15 is 0 Å². The SMILES string of the molecule is CCCN1c2cnn(C)c2C(=O)NC1NC(C)c1nn(C)c2ccccc12. The number of nitrogens with zero attached hydrogens (tertiary/aromatic N) is 5. The summed E-state index contributed by atoms with van der Waals surface area (Å²) in [5, 5.41) is 16.7. The summed E-state index contributed by atoms with van der Waals surface area (Å²) >= 11 is 0. The summed E-state index contributed by atoms with van der Waals surface area (Å²) in [6, 6.07) is 8.14. The van der Waals surface area contributed by atoms with Gasteiger partial charge < -0.3 is 10.2 Å². The number of carbonyl (C=O) groups is 1. The number of fused-ring (bicyclic) bond motifs is 2. The fraction of sp³-hybridized carbons (Fsp3) is 0.421. The van der Waals surface area contributed by atoms with Crippen molar-refractivity contribution in [1.82, 2.24) is 30.2 Å².